The zero-order valence-electron chi connectivity index (χ0n) is 9.26. The Morgan fingerprint density at radius 3 is 2.75 bits per heavy atom. The number of rotatable bonds is 3. The minimum atomic E-state index is -0.143. The summed E-state index contributed by atoms with van der Waals surface area (Å²) in [6.45, 7) is 3.83. The number of hydrogen-bond acceptors (Lipinski definition) is 3. The van der Waals surface area contributed by atoms with Gasteiger partial charge in [-0.2, -0.15) is 0 Å². The van der Waals surface area contributed by atoms with E-state index in [0.717, 1.165) is 0 Å². The summed E-state index contributed by atoms with van der Waals surface area (Å²) in [4.78, 5) is 11.9. The Morgan fingerprint density at radius 1 is 1.50 bits per heavy atom. The molecule has 2 saturated carbocycles. The van der Waals surface area contributed by atoms with Crippen molar-refractivity contribution in [3.05, 3.63) is 24.8 Å². The summed E-state index contributed by atoms with van der Waals surface area (Å²) in [7, 11) is 0. The molecule has 0 saturated heterocycles. The zero-order valence-corrected chi connectivity index (χ0v) is 9.26. The van der Waals surface area contributed by atoms with E-state index in [0.29, 0.717) is 17.3 Å². The van der Waals surface area contributed by atoms with Crippen molar-refractivity contribution < 1.29 is 9.53 Å². The van der Waals surface area contributed by atoms with Crippen LogP contribution in [0.4, 0.5) is 0 Å². The summed E-state index contributed by atoms with van der Waals surface area (Å²) in [5, 5.41) is 0. The van der Waals surface area contributed by atoms with E-state index in [1.807, 2.05) is 0 Å². The zero-order chi connectivity index (χ0) is 11.3. The number of carbonyl (C=O) groups excluding carboxylic acids is 1. The molecule has 0 heterocycles. The van der Waals surface area contributed by atoms with Gasteiger partial charge < -0.3 is 10.5 Å². The Bertz CT molecular complexity index is 370. The Balaban J connectivity index is 1.79. The maximum Gasteiger partial charge on any atom is 0.311 e. The fourth-order valence-corrected chi connectivity index (χ4v) is 3.65. The van der Waals surface area contributed by atoms with Crippen molar-refractivity contribution in [2.24, 2.45) is 28.9 Å². The normalized spacial score (nSPS) is 41.3. The van der Waals surface area contributed by atoms with Crippen LogP contribution in [0.1, 0.15) is 12.8 Å². The molecule has 1 spiro atoms. The summed E-state index contributed by atoms with van der Waals surface area (Å²) >= 11 is 0. The highest BCUT2D eigenvalue weighted by molar-refractivity contribution is 5.76. The predicted molar refractivity (Wildman–Crippen MR) is 60.4 cm³/mol. The lowest BCUT2D eigenvalue weighted by Gasteiger charge is -2.22. The van der Waals surface area contributed by atoms with Crippen molar-refractivity contribution in [3.63, 3.8) is 0 Å². The van der Waals surface area contributed by atoms with Gasteiger partial charge in [-0.05, 0) is 30.1 Å². The summed E-state index contributed by atoms with van der Waals surface area (Å²) in [6, 6.07) is -0.0465. The third kappa shape index (κ3) is 1.09. The second-order valence-electron chi connectivity index (χ2n) is 5.19. The first-order chi connectivity index (χ1) is 7.70. The maximum absolute atomic E-state index is 11.9. The van der Waals surface area contributed by atoms with Gasteiger partial charge in [-0.15, -0.1) is 0 Å². The van der Waals surface area contributed by atoms with Gasteiger partial charge in [-0.25, -0.2) is 0 Å². The van der Waals surface area contributed by atoms with E-state index in [-0.39, 0.29) is 24.5 Å². The van der Waals surface area contributed by atoms with Crippen molar-refractivity contribution in [2.75, 3.05) is 6.61 Å². The van der Waals surface area contributed by atoms with Gasteiger partial charge in [0.1, 0.15) is 6.61 Å². The molecule has 0 aliphatic heterocycles. The summed E-state index contributed by atoms with van der Waals surface area (Å²) in [5.41, 5.74) is 6.51. The number of hydrogen-bond donors (Lipinski definition) is 1. The largest absolute Gasteiger partial charge is 0.461 e. The molecule has 0 aromatic heterocycles. The van der Waals surface area contributed by atoms with Crippen LogP contribution in [-0.4, -0.2) is 18.6 Å². The number of allylic oxidation sites excluding steroid dienone is 1. The Kier molecular flexibility index (Phi) is 2.02. The SMILES string of the molecule is C=CCOC(=O)[C@H]1[C@H](N)[C@H]2C=C[C@@H]1C21CC1. The summed E-state index contributed by atoms with van der Waals surface area (Å²) < 4.78 is 5.15. The fourth-order valence-electron chi connectivity index (χ4n) is 3.65. The van der Waals surface area contributed by atoms with Gasteiger partial charge in [-0.3, -0.25) is 4.79 Å². The highest BCUT2D eigenvalue weighted by Gasteiger charge is 2.67. The van der Waals surface area contributed by atoms with Crippen LogP contribution < -0.4 is 5.73 Å². The van der Waals surface area contributed by atoms with Gasteiger partial charge in [0.15, 0.2) is 0 Å². The average Bonchev–Trinajstić information content (AvgIpc) is 2.93. The molecule has 86 valence electrons. The highest BCUT2D eigenvalue weighted by atomic mass is 16.5. The molecule has 3 aliphatic carbocycles. The minimum absolute atomic E-state index is 0.0465. The van der Waals surface area contributed by atoms with Crippen LogP contribution in [0.5, 0.6) is 0 Å². The van der Waals surface area contributed by atoms with E-state index in [4.69, 9.17) is 10.5 Å². The first kappa shape index (κ1) is 10.1. The summed E-state index contributed by atoms with van der Waals surface area (Å²) in [5.74, 6) is 0.455. The average molecular weight is 219 g/mol. The number of ether oxygens (including phenoxy) is 1. The molecule has 2 N–H and O–H groups in total. The molecule has 2 fully saturated rings. The monoisotopic (exact) mass is 219 g/mol. The van der Waals surface area contributed by atoms with Gasteiger partial charge in [0.2, 0.25) is 0 Å². The van der Waals surface area contributed by atoms with E-state index < -0.39 is 0 Å². The lowest BCUT2D eigenvalue weighted by Crippen LogP contribution is -2.39. The summed E-state index contributed by atoms with van der Waals surface area (Å²) in [6.07, 6.45) is 8.42. The second-order valence-corrected chi connectivity index (χ2v) is 5.19. The van der Waals surface area contributed by atoms with E-state index in [2.05, 4.69) is 18.7 Å². The van der Waals surface area contributed by atoms with Gasteiger partial charge in [0.25, 0.3) is 0 Å². The van der Waals surface area contributed by atoms with Crippen LogP contribution in [0.15, 0.2) is 24.8 Å². The number of esters is 1. The van der Waals surface area contributed by atoms with Crippen molar-refractivity contribution >= 4 is 5.97 Å². The Labute approximate surface area is 95.3 Å². The molecule has 3 nitrogen and oxygen atoms in total. The second kappa shape index (κ2) is 3.20. The number of carbonyl (C=O) groups is 1. The van der Waals surface area contributed by atoms with Crippen LogP contribution in [0.25, 0.3) is 0 Å². The van der Waals surface area contributed by atoms with Gasteiger partial charge in [-0.1, -0.05) is 24.8 Å². The van der Waals surface area contributed by atoms with Crippen molar-refractivity contribution in [3.8, 4) is 0 Å². The van der Waals surface area contributed by atoms with Gasteiger partial charge >= 0.3 is 5.97 Å². The fraction of sp³-hybridized carbons (Fsp3) is 0.615. The quantitative estimate of drug-likeness (QED) is 0.574. The van der Waals surface area contributed by atoms with Crippen molar-refractivity contribution in [1.82, 2.24) is 0 Å². The molecule has 0 amide bonds. The highest BCUT2D eigenvalue weighted by Crippen LogP contribution is 2.69. The topological polar surface area (TPSA) is 52.3 Å². The predicted octanol–water partition coefficient (Wildman–Crippen LogP) is 1.26. The van der Waals surface area contributed by atoms with Crippen LogP contribution in [0.3, 0.4) is 0 Å². The molecule has 3 heteroatoms. The molecular formula is C13H17NO2. The number of nitrogens with two attached hydrogens (primary N) is 1. The molecule has 0 radical (unpaired) electrons. The Hall–Kier alpha value is -1.09. The van der Waals surface area contributed by atoms with Gasteiger partial charge in [0, 0.05) is 6.04 Å². The Morgan fingerprint density at radius 2 is 2.19 bits per heavy atom. The third-order valence-electron chi connectivity index (χ3n) is 4.51. The molecule has 16 heavy (non-hydrogen) atoms. The van der Waals surface area contributed by atoms with Crippen LogP contribution in [0, 0.1) is 23.2 Å². The van der Waals surface area contributed by atoms with Crippen LogP contribution in [-0.2, 0) is 9.53 Å². The molecule has 0 aromatic rings. The molecular weight excluding hydrogens is 202 g/mol. The first-order valence-electron chi connectivity index (χ1n) is 5.92. The minimum Gasteiger partial charge on any atom is -0.461 e. The van der Waals surface area contributed by atoms with E-state index in [9.17, 15) is 4.79 Å². The lowest BCUT2D eigenvalue weighted by molar-refractivity contribution is -0.148. The molecule has 3 aliphatic rings. The first-order valence-corrected chi connectivity index (χ1v) is 5.92. The van der Waals surface area contributed by atoms with E-state index >= 15 is 0 Å². The van der Waals surface area contributed by atoms with E-state index in [1.54, 1.807) is 6.08 Å². The van der Waals surface area contributed by atoms with Crippen LogP contribution >= 0.6 is 0 Å². The van der Waals surface area contributed by atoms with Crippen LogP contribution in [0.2, 0.25) is 0 Å². The lowest BCUT2D eigenvalue weighted by atomic mass is 9.88. The van der Waals surface area contributed by atoms with E-state index in [1.165, 1.54) is 12.8 Å². The molecule has 3 rings (SSSR count). The molecule has 2 bridgehead atoms. The standard InChI is InChI=1S/C13H17NO2/c1-2-7-16-12(15)10-8-3-4-9(11(10)14)13(8)5-6-13/h2-4,8-11H,1,5-7,14H2/t8-,9+,10+,11+/m0/s1. The van der Waals surface area contributed by atoms with Crippen molar-refractivity contribution in [2.45, 2.75) is 18.9 Å². The third-order valence-corrected chi connectivity index (χ3v) is 4.51. The molecule has 0 unspecified atom stereocenters. The maximum atomic E-state index is 11.9. The smallest absolute Gasteiger partial charge is 0.311 e. The van der Waals surface area contributed by atoms with Crippen molar-refractivity contribution in [1.29, 1.82) is 0 Å². The molecule has 4 atom stereocenters. The molecule has 0 aromatic carbocycles. The van der Waals surface area contributed by atoms with Gasteiger partial charge in [0.05, 0.1) is 5.92 Å².